The molecular formula is C12H13Cl2N5S. The first-order valence-electron chi connectivity index (χ1n) is 6.35. The predicted molar refractivity (Wildman–Crippen MR) is 82.9 cm³/mol. The Morgan fingerprint density at radius 1 is 1.15 bits per heavy atom. The summed E-state index contributed by atoms with van der Waals surface area (Å²) in [6, 6.07) is 3.85. The normalized spacial score (nSPS) is 14.8. The van der Waals surface area contributed by atoms with Crippen LogP contribution in [0.4, 0.5) is 11.9 Å². The molecular weight excluding hydrogens is 317 g/mol. The molecule has 8 heteroatoms. The number of nitrogens with zero attached hydrogens (tertiary/aromatic N) is 4. The Kier molecular flexibility index (Phi) is 4.24. The molecule has 1 aliphatic heterocycles. The molecule has 2 aromatic heterocycles. The van der Waals surface area contributed by atoms with E-state index in [0.717, 1.165) is 22.3 Å². The maximum absolute atomic E-state index is 5.97. The van der Waals surface area contributed by atoms with Crippen LogP contribution in [0.25, 0.3) is 0 Å². The van der Waals surface area contributed by atoms with E-state index >= 15 is 0 Å². The lowest BCUT2D eigenvalue weighted by Gasteiger charge is -2.15. The van der Waals surface area contributed by atoms with Crippen molar-refractivity contribution in [1.82, 2.24) is 15.0 Å². The third kappa shape index (κ3) is 3.31. The van der Waals surface area contributed by atoms with E-state index in [1.54, 1.807) is 0 Å². The largest absolute Gasteiger partial charge is 0.349 e. The third-order valence-corrected chi connectivity index (χ3v) is 4.43. The van der Waals surface area contributed by atoms with Crippen molar-refractivity contribution in [3.8, 4) is 0 Å². The lowest BCUT2D eigenvalue weighted by atomic mass is 10.4. The molecule has 2 aromatic rings. The van der Waals surface area contributed by atoms with Crippen LogP contribution in [0.15, 0.2) is 12.1 Å². The highest BCUT2D eigenvalue weighted by Gasteiger charge is 2.16. The van der Waals surface area contributed by atoms with Crippen molar-refractivity contribution in [2.45, 2.75) is 19.4 Å². The van der Waals surface area contributed by atoms with Gasteiger partial charge in [0.1, 0.15) is 0 Å². The minimum absolute atomic E-state index is 0.216. The molecule has 0 aliphatic carbocycles. The fraction of sp³-hybridized carbons (Fsp3) is 0.417. The Bertz CT molecular complexity index is 597. The van der Waals surface area contributed by atoms with Crippen molar-refractivity contribution in [2.24, 2.45) is 0 Å². The number of halogens is 2. The standard InChI is InChI=1S/C12H13Cl2N5S/c13-9-4-3-8(20-9)7-15-11-16-10(14)17-12(18-11)19-5-1-2-6-19/h3-4H,1-2,5-7H2,(H,15,16,17,18). The quantitative estimate of drug-likeness (QED) is 0.930. The van der Waals surface area contributed by atoms with Gasteiger partial charge < -0.3 is 10.2 Å². The molecule has 1 saturated heterocycles. The van der Waals surface area contributed by atoms with Crippen molar-refractivity contribution in [1.29, 1.82) is 0 Å². The maximum atomic E-state index is 5.97. The molecule has 0 bridgehead atoms. The van der Waals surface area contributed by atoms with E-state index in [1.165, 1.54) is 24.2 Å². The van der Waals surface area contributed by atoms with Crippen molar-refractivity contribution in [3.63, 3.8) is 0 Å². The molecule has 0 atom stereocenters. The first kappa shape index (κ1) is 13.9. The highest BCUT2D eigenvalue weighted by molar-refractivity contribution is 7.16. The average molecular weight is 330 g/mol. The summed E-state index contributed by atoms with van der Waals surface area (Å²) in [6.45, 7) is 2.57. The maximum Gasteiger partial charge on any atom is 0.231 e. The van der Waals surface area contributed by atoms with Crippen molar-refractivity contribution >= 4 is 46.4 Å². The zero-order chi connectivity index (χ0) is 13.9. The van der Waals surface area contributed by atoms with Gasteiger partial charge in [0.2, 0.25) is 17.2 Å². The highest BCUT2D eigenvalue weighted by Crippen LogP contribution is 2.23. The smallest absolute Gasteiger partial charge is 0.231 e. The second-order valence-electron chi connectivity index (χ2n) is 4.48. The van der Waals surface area contributed by atoms with Crippen molar-refractivity contribution < 1.29 is 0 Å². The predicted octanol–water partition coefficient (Wildman–Crippen LogP) is 3.45. The van der Waals surface area contributed by atoms with Crippen LogP contribution < -0.4 is 10.2 Å². The average Bonchev–Trinajstić information content (AvgIpc) is 3.07. The summed E-state index contributed by atoms with van der Waals surface area (Å²) in [5.41, 5.74) is 0. The second-order valence-corrected chi connectivity index (χ2v) is 6.62. The lowest BCUT2D eigenvalue weighted by molar-refractivity contribution is 0.877. The van der Waals surface area contributed by atoms with E-state index in [4.69, 9.17) is 23.2 Å². The van der Waals surface area contributed by atoms with E-state index in [2.05, 4.69) is 25.2 Å². The van der Waals surface area contributed by atoms with Gasteiger partial charge in [-0.2, -0.15) is 15.0 Å². The Labute approximate surface area is 131 Å². The van der Waals surface area contributed by atoms with Gasteiger partial charge in [0.25, 0.3) is 0 Å². The molecule has 0 saturated carbocycles. The minimum Gasteiger partial charge on any atom is -0.349 e. The van der Waals surface area contributed by atoms with E-state index in [9.17, 15) is 0 Å². The highest BCUT2D eigenvalue weighted by atomic mass is 35.5. The Morgan fingerprint density at radius 2 is 1.95 bits per heavy atom. The van der Waals surface area contributed by atoms with Crippen LogP contribution in [0, 0.1) is 0 Å². The summed E-state index contributed by atoms with van der Waals surface area (Å²) in [6.07, 6.45) is 2.33. The number of hydrogen-bond donors (Lipinski definition) is 1. The molecule has 106 valence electrons. The molecule has 0 radical (unpaired) electrons. The number of thiophene rings is 1. The van der Waals surface area contributed by atoms with Gasteiger partial charge in [0.15, 0.2) is 0 Å². The summed E-state index contributed by atoms with van der Waals surface area (Å²) >= 11 is 13.4. The number of rotatable bonds is 4. The molecule has 1 fully saturated rings. The van der Waals surface area contributed by atoms with E-state index in [-0.39, 0.29) is 5.28 Å². The van der Waals surface area contributed by atoms with Gasteiger partial charge >= 0.3 is 0 Å². The first-order chi connectivity index (χ1) is 9.70. The molecule has 3 heterocycles. The Morgan fingerprint density at radius 3 is 2.65 bits per heavy atom. The van der Waals surface area contributed by atoms with Gasteiger partial charge in [-0.1, -0.05) is 11.6 Å². The van der Waals surface area contributed by atoms with Crippen LogP contribution in [0.5, 0.6) is 0 Å². The zero-order valence-corrected chi connectivity index (χ0v) is 13.0. The molecule has 0 unspecified atom stereocenters. The summed E-state index contributed by atoms with van der Waals surface area (Å²) in [5.74, 6) is 1.14. The lowest BCUT2D eigenvalue weighted by Crippen LogP contribution is -2.21. The van der Waals surface area contributed by atoms with Gasteiger partial charge in [-0.25, -0.2) is 0 Å². The summed E-state index contributed by atoms with van der Waals surface area (Å²) in [7, 11) is 0. The molecule has 1 aliphatic rings. The Balaban J connectivity index is 1.72. The molecule has 1 N–H and O–H groups in total. The van der Waals surface area contributed by atoms with Gasteiger partial charge in [-0.05, 0) is 36.6 Å². The van der Waals surface area contributed by atoms with Crippen LogP contribution in [0.3, 0.4) is 0 Å². The molecule has 0 spiro atoms. The zero-order valence-electron chi connectivity index (χ0n) is 10.6. The Hall–Kier alpha value is -1.11. The van der Waals surface area contributed by atoms with Crippen LogP contribution >= 0.6 is 34.5 Å². The SMILES string of the molecule is Clc1nc(NCc2ccc(Cl)s2)nc(N2CCCC2)n1. The molecule has 20 heavy (non-hydrogen) atoms. The van der Waals surface area contributed by atoms with Gasteiger partial charge in [0.05, 0.1) is 10.9 Å². The third-order valence-electron chi connectivity index (χ3n) is 3.03. The van der Waals surface area contributed by atoms with Crippen molar-refractivity contribution in [3.05, 3.63) is 26.6 Å². The summed E-state index contributed by atoms with van der Waals surface area (Å²) in [4.78, 5) is 16.0. The van der Waals surface area contributed by atoms with Gasteiger partial charge in [0, 0.05) is 18.0 Å². The fourth-order valence-corrected chi connectivity index (χ4v) is 3.27. The first-order valence-corrected chi connectivity index (χ1v) is 7.92. The number of hydrogen-bond acceptors (Lipinski definition) is 6. The van der Waals surface area contributed by atoms with Crippen molar-refractivity contribution in [2.75, 3.05) is 23.3 Å². The van der Waals surface area contributed by atoms with Crippen LogP contribution in [-0.2, 0) is 6.54 Å². The van der Waals surface area contributed by atoms with Gasteiger partial charge in [-0.15, -0.1) is 11.3 Å². The second kappa shape index (κ2) is 6.11. The minimum atomic E-state index is 0.216. The monoisotopic (exact) mass is 329 g/mol. The number of anilines is 2. The summed E-state index contributed by atoms with van der Waals surface area (Å²) < 4.78 is 0.772. The molecule has 0 aromatic carbocycles. The number of aromatic nitrogens is 3. The molecule has 3 rings (SSSR count). The fourth-order valence-electron chi connectivity index (χ4n) is 2.09. The van der Waals surface area contributed by atoms with E-state index in [1.807, 2.05) is 12.1 Å². The van der Waals surface area contributed by atoms with Crippen LogP contribution in [-0.4, -0.2) is 28.0 Å². The van der Waals surface area contributed by atoms with E-state index < -0.39 is 0 Å². The number of nitrogens with one attached hydrogen (secondary N) is 1. The van der Waals surface area contributed by atoms with Gasteiger partial charge in [-0.3, -0.25) is 0 Å². The molecule has 0 amide bonds. The van der Waals surface area contributed by atoms with E-state index in [0.29, 0.717) is 18.4 Å². The topological polar surface area (TPSA) is 53.9 Å². The molecule has 5 nitrogen and oxygen atoms in total. The van der Waals surface area contributed by atoms with Crippen LogP contribution in [0.1, 0.15) is 17.7 Å². The van der Waals surface area contributed by atoms with Crippen LogP contribution in [0.2, 0.25) is 9.62 Å². The summed E-state index contributed by atoms with van der Waals surface area (Å²) in [5, 5.41) is 3.37.